The zero-order valence-electron chi connectivity index (χ0n) is 11.9. The number of anilines is 1. The van der Waals surface area contributed by atoms with E-state index in [1.807, 2.05) is 31.2 Å². The maximum absolute atomic E-state index is 12.2. The van der Waals surface area contributed by atoms with E-state index in [-0.39, 0.29) is 17.9 Å². The number of hydrogen-bond acceptors (Lipinski definition) is 2. The van der Waals surface area contributed by atoms with E-state index in [0.29, 0.717) is 0 Å². The van der Waals surface area contributed by atoms with Gasteiger partial charge >= 0.3 is 0 Å². The summed E-state index contributed by atoms with van der Waals surface area (Å²) >= 11 is 0. The Morgan fingerprint density at radius 2 is 1.89 bits per heavy atom. The highest BCUT2D eigenvalue weighted by Gasteiger charge is 2.25. The summed E-state index contributed by atoms with van der Waals surface area (Å²) < 4.78 is 0. The average Bonchev–Trinajstić information content (AvgIpc) is 2.39. The van der Waals surface area contributed by atoms with Gasteiger partial charge in [0.15, 0.2) is 0 Å². The van der Waals surface area contributed by atoms with E-state index in [0.717, 1.165) is 30.0 Å². The molecule has 3 nitrogen and oxygen atoms in total. The molecule has 0 saturated heterocycles. The fourth-order valence-electron chi connectivity index (χ4n) is 2.84. The summed E-state index contributed by atoms with van der Waals surface area (Å²) in [4.78, 5) is 12.2. The van der Waals surface area contributed by atoms with E-state index >= 15 is 0 Å². The quantitative estimate of drug-likeness (QED) is 0.819. The number of carbonyl (C=O) groups is 1. The van der Waals surface area contributed by atoms with Crippen LogP contribution in [0, 0.1) is 11.8 Å². The van der Waals surface area contributed by atoms with Crippen molar-refractivity contribution in [3.8, 4) is 0 Å². The lowest BCUT2D eigenvalue weighted by Crippen LogP contribution is -2.34. The molecule has 104 valence electrons. The molecule has 3 heteroatoms. The Morgan fingerprint density at radius 3 is 2.53 bits per heavy atom. The normalized spacial score (nSPS) is 24.7. The molecule has 1 aliphatic rings. The summed E-state index contributed by atoms with van der Waals surface area (Å²) in [6, 6.07) is 7.70. The summed E-state index contributed by atoms with van der Waals surface area (Å²) in [6.45, 7) is 4.26. The molecule has 3 N–H and O–H groups in total. The minimum absolute atomic E-state index is 0.0203. The Hall–Kier alpha value is -1.51. The predicted octanol–water partition coefficient (Wildman–Crippen LogP) is 3.27. The summed E-state index contributed by atoms with van der Waals surface area (Å²) in [5.74, 6) is 1.14. The number of nitrogen functional groups attached to an aromatic ring is 1. The Balaban J connectivity index is 1.94. The van der Waals surface area contributed by atoms with Gasteiger partial charge in [0.2, 0.25) is 5.91 Å². The van der Waals surface area contributed by atoms with Gasteiger partial charge in [-0.05, 0) is 50.2 Å². The Bertz CT molecular complexity index is 436. The molecule has 0 aromatic heterocycles. The first-order valence-corrected chi connectivity index (χ1v) is 7.22. The van der Waals surface area contributed by atoms with Crippen LogP contribution < -0.4 is 11.1 Å². The van der Waals surface area contributed by atoms with Crippen molar-refractivity contribution in [1.82, 2.24) is 5.32 Å². The van der Waals surface area contributed by atoms with Crippen LogP contribution in [0.1, 0.15) is 51.1 Å². The number of benzene rings is 1. The zero-order chi connectivity index (χ0) is 13.8. The molecule has 1 atom stereocenters. The smallest absolute Gasteiger partial charge is 0.223 e. The van der Waals surface area contributed by atoms with E-state index in [1.165, 1.54) is 12.8 Å². The zero-order valence-corrected chi connectivity index (χ0v) is 11.9. The van der Waals surface area contributed by atoms with Gasteiger partial charge in [-0.3, -0.25) is 4.79 Å². The van der Waals surface area contributed by atoms with E-state index in [4.69, 9.17) is 5.73 Å². The topological polar surface area (TPSA) is 55.1 Å². The fourth-order valence-corrected chi connectivity index (χ4v) is 2.84. The van der Waals surface area contributed by atoms with E-state index in [1.54, 1.807) is 0 Å². The van der Waals surface area contributed by atoms with Crippen molar-refractivity contribution < 1.29 is 4.79 Å². The van der Waals surface area contributed by atoms with Crippen LogP contribution in [-0.2, 0) is 4.79 Å². The molecule has 1 aromatic rings. The molecule has 1 fully saturated rings. The van der Waals surface area contributed by atoms with Gasteiger partial charge in [0, 0.05) is 11.6 Å². The molecule has 2 rings (SSSR count). The molecular weight excluding hydrogens is 236 g/mol. The Kier molecular flexibility index (Phi) is 4.46. The van der Waals surface area contributed by atoms with Gasteiger partial charge < -0.3 is 11.1 Å². The monoisotopic (exact) mass is 260 g/mol. The molecule has 0 spiro atoms. The van der Waals surface area contributed by atoms with E-state index in [2.05, 4.69) is 12.2 Å². The lowest BCUT2D eigenvalue weighted by Gasteiger charge is -2.27. The van der Waals surface area contributed by atoms with Crippen molar-refractivity contribution in [1.29, 1.82) is 0 Å². The van der Waals surface area contributed by atoms with Crippen LogP contribution in [0.5, 0.6) is 0 Å². The minimum atomic E-state index is -0.0203. The van der Waals surface area contributed by atoms with E-state index in [9.17, 15) is 4.79 Å². The van der Waals surface area contributed by atoms with Crippen LogP contribution in [0.3, 0.4) is 0 Å². The van der Waals surface area contributed by atoms with Crippen LogP contribution >= 0.6 is 0 Å². The van der Waals surface area contributed by atoms with Gasteiger partial charge in [-0.1, -0.05) is 25.1 Å². The van der Waals surface area contributed by atoms with Crippen molar-refractivity contribution >= 4 is 11.6 Å². The molecule has 1 saturated carbocycles. The van der Waals surface area contributed by atoms with Crippen LogP contribution in [0.4, 0.5) is 5.69 Å². The molecule has 1 unspecified atom stereocenters. The minimum Gasteiger partial charge on any atom is -0.398 e. The number of para-hydroxylation sites is 1. The van der Waals surface area contributed by atoms with Crippen molar-refractivity contribution in [3.05, 3.63) is 29.8 Å². The Labute approximate surface area is 115 Å². The van der Waals surface area contributed by atoms with Gasteiger partial charge in [0.25, 0.3) is 0 Å². The number of hydrogen-bond donors (Lipinski definition) is 2. The SMILES string of the molecule is CC1CCC(C(=O)NC(C)c2ccccc2N)CC1. The maximum atomic E-state index is 12.2. The molecule has 19 heavy (non-hydrogen) atoms. The molecule has 1 aromatic carbocycles. The Morgan fingerprint density at radius 1 is 1.26 bits per heavy atom. The summed E-state index contributed by atoms with van der Waals surface area (Å²) in [7, 11) is 0. The first kappa shape index (κ1) is 13.9. The van der Waals surface area contributed by atoms with Gasteiger partial charge in [0.05, 0.1) is 6.04 Å². The predicted molar refractivity (Wildman–Crippen MR) is 78.5 cm³/mol. The third kappa shape index (κ3) is 3.49. The van der Waals surface area contributed by atoms with Gasteiger partial charge in [-0.25, -0.2) is 0 Å². The third-order valence-electron chi connectivity index (χ3n) is 4.21. The number of amides is 1. The lowest BCUT2D eigenvalue weighted by atomic mass is 9.82. The van der Waals surface area contributed by atoms with Crippen LogP contribution in [-0.4, -0.2) is 5.91 Å². The highest BCUT2D eigenvalue weighted by molar-refractivity contribution is 5.79. The largest absolute Gasteiger partial charge is 0.398 e. The number of nitrogens with one attached hydrogen (secondary N) is 1. The van der Waals surface area contributed by atoms with Crippen LogP contribution in [0.2, 0.25) is 0 Å². The maximum Gasteiger partial charge on any atom is 0.223 e. The third-order valence-corrected chi connectivity index (χ3v) is 4.21. The standard InChI is InChI=1S/C16H24N2O/c1-11-7-9-13(10-8-11)16(19)18-12(2)14-5-3-4-6-15(14)17/h3-6,11-13H,7-10,17H2,1-2H3,(H,18,19). The van der Waals surface area contributed by atoms with E-state index < -0.39 is 0 Å². The van der Waals surface area contributed by atoms with Gasteiger partial charge in [-0.15, -0.1) is 0 Å². The summed E-state index contributed by atoms with van der Waals surface area (Å²) in [5, 5.41) is 3.10. The highest BCUT2D eigenvalue weighted by atomic mass is 16.1. The average molecular weight is 260 g/mol. The second-order valence-electron chi connectivity index (χ2n) is 5.82. The molecule has 0 heterocycles. The summed E-state index contributed by atoms with van der Waals surface area (Å²) in [6.07, 6.45) is 4.37. The van der Waals surface area contributed by atoms with Crippen LogP contribution in [0.15, 0.2) is 24.3 Å². The summed E-state index contributed by atoms with van der Waals surface area (Å²) in [5.41, 5.74) is 7.69. The fraction of sp³-hybridized carbons (Fsp3) is 0.562. The molecule has 0 radical (unpaired) electrons. The lowest BCUT2D eigenvalue weighted by molar-refractivity contribution is -0.126. The van der Waals surface area contributed by atoms with Crippen molar-refractivity contribution in [2.75, 3.05) is 5.73 Å². The van der Waals surface area contributed by atoms with Crippen molar-refractivity contribution in [2.45, 2.75) is 45.6 Å². The second kappa shape index (κ2) is 6.09. The molecule has 1 aliphatic carbocycles. The van der Waals surface area contributed by atoms with Gasteiger partial charge in [-0.2, -0.15) is 0 Å². The first-order valence-electron chi connectivity index (χ1n) is 7.22. The second-order valence-corrected chi connectivity index (χ2v) is 5.82. The first-order chi connectivity index (χ1) is 9.08. The van der Waals surface area contributed by atoms with Crippen molar-refractivity contribution in [3.63, 3.8) is 0 Å². The molecular formula is C16H24N2O. The highest BCUT2D eigenvalue weighted by Crippen LogP contribution is 2.29. The number of nitrogens with two attached hydrogens (primary N) is 1. The molecule has 1 amide bonds. The van der Waals surface area contributed by atoms with Gasteiger partial charge in [0.1, 0.15) is 0 Å². The molecule has 0 aliphatic heterocycles. The number of carbonyl (C=O) groups excluding carboxylic acids is 1. The number of rotatable bonds is 3. The van der Waals surface area contributed by atoms with Crippen molar-refractivity contribution in [2.24, 2.45) is 11.8 Å². The molecule has 0 bridgehead atoms. The van der Waals surface area contributed by atoms with Crippen LogP contribution in [0.25, 0.3) is 0 Å².